The molecule has 72 valence electrons. The van der Waals surface area contributed by atoms with Crippen molar-refractivity contribution in [2.24, 2.45) is 0 Å². The van der Waals surface area contributed by atoms with Gasteiger partial charge in [-0.2, -0.15) is 8.42 Å². The minimum Gasteiger partial charge on any atom is -0.480 e. The molecule has 0 saturated heterocycles. The number of aliphatic carboxylic acids is 1. The van der Waals surface area contributed by atoms with Gasteiger partial charge in [0.1, 0.15) is 0 Å². The molecular formula is C5H11NO5S. The second kappa shape index (κ2) is 4.39. The van der Waals surface area contributed by atoms with Crippen LogP contribution in [0.25, 0.3) is 0 Å². The highest BCUT2D eigenvalue weighted by Crippen LogP contribution is 1.96. The maximum atomic E-state index is 10.4. The van der Waals surface area contributed by atoms with Gasteiger partial charge in [-0.25, -0.2) is 0 Å². The van der Waals surface area contributed by atoms with Crippen LogP contribution in [0.3, 0.4) is 0 Å². The fraction of sp³-hybridized carbons (Fsp3) is 0.800. The monoisotopic (exact) mass is 197 g/mol. The first-order valence-electron chi connectivity index (χ1n) is 3.29. The van der Waals surface area contributed by atoms with E-state index in [4.69, 9.17) is 9.66 Å². The Bertz CT molecular complexity index is 247. The van der Waals surface area contributed by atoms with Crippen molar-refractivity contribution in [2.75, 3.05) is 13.1 Å². The first-order valence-corrected chi connectivity index (χ1v) is 4.79. The minimum absolute atomic E-state index is 0.287. The molecule has 0 aromatic carbocycles. The van der Waals surface area contributed by atoms with Crippen molar-refractivity contribution in [1.82, 2.24) is 5.32 Å². The van der Waals surface area contributed by atoms with Crippen LogP contribution in [-0.2, 0) is 14.9 Å². The lowest BCUT2D eigenvalue weighted by atomic mass is 10.4. The Hall–Kier alpha value is -0.660. The highest BCUT2D eigenvalue weighted by molar-refractivity contribution is 7.87. The highest BCUT2D eigenvalue weighted by Gasteiger charge is 2.29. The molecule has 0 aliphatic heterocycles. The summed E-state index contributed by atoms with van der Waals surface area (Å²) in [4.78, 5) is 10.3. The van der Waals surface area contributed by atoms with Crippen LogP contribution in [0.1, 0.15) is 6.92 Å². The molecule has 0 saturated carbocycles. The number of hydrogen-bond acceptors (Lipinski definition) is 4. The number of carboxylic acid groups (broad SMARTS) is 1. The van der Waals surface area contributed by atoms with Crippen LogP contribution in [0.4, 0.5) is 0 Å². The molecule has 0 fully saturated rings. The predicted molar refractivity (Wildman–Crippen MR) is 41.5 cm³/mol. The van der Waals surface area contributed by atoms with Crippen molar-refractivity contribution in [3.05, 3.63) is 0 Å². The molecule has 7 heteroatoms. The maximum Gasteiger partial charge on any atom is 0.325 e. The van der Waals surface area contributed by atoms with E-state index < -0.39 is 21.3 Å². The van der Waals surface area contributed by atoms with Crippen molar-refractivity contribution in [3.8, 4) is 0 Å². The van der Waals surface area contributed by atoms with E-state index in [1.165, 1.54) is 0 Å². The van der Waals surface area contributed by atoms with E-state index in [0.717, 1.165) is 0 Å². The smallest absolute Gasteiger partial charge is 0.325 e. The standard InChI is InChI=1S/C5H11NO5S/c1-2-6-3-4(5(7)8)12(9,10)11/h4,6H,2-3H2,1H3,(H,7,8)(H,9,10,11). The van der Waals surface area contributed by atoms with Gasteiger partial charge < -0.3 is 10.4 Å². The Balaban J connectivity index is 4.36. The van der Waals surface area contributed by atoms with E-state index in [1.807, 2.05) is 0 Å². The SMILES string of the molecule is CCNCC(C(=O)O)S(=O)(=O)O. The van der Waals surface area contributed by atoms with E-state index in [-0.39, 0.29) is 6.54 Å². The molecule has 0 spiro atoms. The molecular weight excluding hydrogens is 186 g/mol. The molecule has 0 heterocycles. The highest BCUT2D eigenvalue weighted by atomic mass is 32.2. The maximum absolute atomic E-state index is 10.4. The zero-order valence-corrected chi connectivity index (χ0v) is 7.34. The Morgan fingerprint density at radius 3 is 2.33 bits per heavy atom. The minimum atomic E-state index is -4.50. The average Bonchev–Trinajstić information content (AvgIpc) is 1.84. The lowest BCUT2D eigenvalue weighted by molar-refractivity contribution is -0.136. The first-order chi connectivity index (χ1) is 5.39. The second-order valence-electron chi connectivity index (χ2n) is 2.15. The van der Waals surface area contributed by atoms with E-state index in [2.05, 4.69) is 5.32 Å². The molecule has 12 heavy (non-hydrogen) atoms. The van der Waals surface area contributed by atoms with Gasteiger partial charge in [0.2, 0.25) is 0 Å². The lowest BCUT2D eigenvalue weighted by Crippen LogP contribution is -2.39. The molecule has 1 atom stereocenters. The van der Waals surface area contributed by atoms with Crippen molar-refractivity contribution in [1.29, 1.82) is 0 Å². The summed E-state index contributed by atoms with van der Waals surface area (Å²) in [5.41, 5.74) is 0. The summed E-state index contributed by atoms with van der Waals surface area (Å²) < 4.78 is 29.3. The summed E-state index contributed by atoms with van der Waals surface area (Å²) in [6.45, 7) is 1.85. The summed E-state index contributed by atoms with van der Waals surface area (Å²) in [6, 6.07) is 0. The van der Waals surface area contributed by atoms with Crippen molar-refractivity contribution < 1.29 is 22.9 Å². The normalized spacial score (nSPS) is 14.2. The third kappa shape index (κ3) is 3.65. The van der Waals surface area contributed by atoms with Gasteiger partial charge in [-0.3, -0.25) is 9.35 Å². The lowest BCUT2D eigenvalue weighted by Gasteiger charge is -2.08. The van der Waals surface area contributed by atoms with E-state index in [9.17, 15) is 13.2 Å². The summed E-state index contributed by atoms with van der Waals surface area (Å²) in [6.07, 6.45) is 0. The fourth-order valence-electron chi connectivity index (χ4n) is 0.595. The zero-order chi connectivity index (χ0) is 9.78. The average molecular weight is 197 g/mol. The Labute approximate surface area is 70.3 Å². The summed E-state index contributed by atoms with van der Waals surface area (Å²) in [5, 5.41) is 9.09. The fourth-order valence-corrected chi connectivity index (χ4v) is 1.18. The molecule has 0 aliphatic carbocycles. The number of carbonyl (C=O) groups is 1. The summed E-state index contributed by atoms with van der Waals surface area (Å²) in [7, 11) is -4.50. The van der Waals surface area contributed by atoms with Crippen LogP contribution in [0.15, 0.2) is 0 Å². The number of carboxylic acids is 1. The van der Waals surface area contributed by atoms with Crippen LogP contribution in [-0.4, -0.2) is 42.4 Å². The van der Waals surface area contributed by atoms with Crippen molar-refractivity contribution in [2.45, 2.75) is 12.2 Å². The van der Waals surface area contributed by atoms with Gasteiger partial charge in [-0.1, -0.05) is 6.92 Å². The summed E-state index contributed by atoms with van der Waals surface area (Å²) >= 11 is 0. The van der Waals surface area contributed by atoms with Gasteiger partial charge in [-0.05, 0) is 6.54 Å². The number of nitrogens with one attached hydrogen (secondary N) is 1. The van der Waals surface area contributed by atoms with Crippen LogP contribution < -0.4 is 5.32 Å². The van der Waals surface area contributed by atoms with E-state index in [0.29, 0.717) is 6.54 Å². The molecule has 3 N–H and O–H groups in total. The summed E-state index contributed by atoms with van der Waals surface area (Å²) in [5.74, 6) is -1.56. The van der Waals surface area contributed by atoms with Gasteiger partial charge in [0, 0.05) is 6.54 Å². The van der Waals surface area contributed by atoms with Gasteiger partial charge in [0.05, 0.1) is 0 Å². The third-order valence-electron chi connectivity index (χ3n) is 1.21. The Morgan fingerprint density at radius 1 is 1.58 bits per heavy atom. The van der Waals surface area contributed by atoms with Crippen molar-refractivity contribution >= 4 is 16.1 Å². The molecule has 0 aromatic heterocycles. The second-order valence-corrected chi connectivity index (χ2v) is 3.75. The zero-order valence-electron chi connectivity index (χ0n) is 6.52. The molecule has 0 amide bonds. The van der Waals surface area contributed by atoms with Gasteiger partial charge in [-0.15, -0.1) is 0 Å². The van der Waals surface area contributed by atoms with Crippen LogP contribution in [0.5, 0.6) is 0 Å². The van der Waals surface area contributed by atoms with E-state index >= 15 is 0 Å². The number of hydrogen-bond donors (Lipinski definition) is 3. The van der Waals surface area contributed by atoms with Crippen LogP contribution in [0, 0.1) is 0 Å². The molecule has 0 radical (unpaired) electrons. The molecule has 0 aromatic rings. The first kappa shape index (κ1) is 11.3. The number of rotatable bonds is 5. The van der Waals surface area contributed by atoms with Crippen LogP contribution >= 0.6 is 0 Å². The molecule has 0 aliphatic rings. The molecule has 0 bridgehead atoms. The van der Waals surface area contributed by atoms with Crippen LogP contribution in [0.2, 0.25) is 0 Å². The molecule has 6 nitrogen and oxygen atoms in total. The predicted octanol–water partition coefficient (Wildman–Crippen LogP) is -1.06. The van der Waals surface area contributed by atoms with Gasteiger partial charge in [0.15, 0.2) is 5.25 Å². The van der Waals surface area contributed by atoms with Crippen molar-refractivity contribution in [3.63, 3.8) is 0 Å². The quantitative estimate of drug-likeness (QED) is 0.485. The molecule has 0 rings (SSSR count). The molecule has 1 unspecified atom stereocenters. The topological polar surface area (TPSA) is 104 Å². The largest absolute Gasteiger partial charge is 0.480 e. The van der Waals surface area contributed by atoms with E-state index in [1.54, 1.807) is 6.92 Å². The third-order valence-corrected chi connectivity index (χ3v) is 2.30. The van der Waals surface area contributed by atoms with Gasteiger partial charge in [0.25, 0.3) is 10.1 Å². The Kier molecular flexibility index (Phi) is 4.15. The Morgan fingerprint density at radius 2 is 2.08 bits per heavy atom. The van der Waals surface area contributed by atoms with Gasteiger partial charge >= 0.3 is 5.97 Å².